The molecule has 0 heterocycles. The topological polar surface area (TPSA) is 33.0 Å². The Bertz CT molecular complexity index is 647. The average molecular weight is 292 g/mol. The summed E-state index contributed by atoms with van der Waals surface area (Å²) >= 11 is 11.9. The van der Waals surface area contributed by atoms with Crippen molar-refractivity contribution in [1.82, 2.24) is 0 Å². The highest BCUT2D eigenvalue weighted by Crippen LogP contribution is 2.26. The number of hydrogen-bond acceptors (Lipinski definition) is 2. The molecule has 0 aliphatic carbocycles. The maximum Gasteiger partial charge on any atom is 0.120 e. The Kier molecular flexibility index (Phi) is 4.31. The molecule has 0 amide bonds. The summed E-state index contributed by atoms with van der Waals surface area (Å²) in [6.45, 7) is 2.25. The van der Waals surface area contributed by atoms with Gasteiger partial charge < -0.3 is 4.74 Å². The van der Waals surface area contributed by atoms with Gasteiger partial charge in [-0.25, -0.2) is 0 Å². The molecule has 0 aliphatic rings. The lowest BCUT2D eigenvalue weighted by molar-refractivity contribution is 0.305. The quantitative estimate of drug-likeness (QED) is 0.817. The number of rotatable bonds is 3. The van der Waals surface area contributed by atoms with Gasteiger partial charge in [0.1, 0.15) is 18.4 Å². The van der Waals surface area contributed by atoms with E-state index in [1.807, 2.05) is 31.2 Å². The van der Waals surface area contributed by atoms with Gasteiger partial charge in [0, 0.05) is 10.6 Å². The van der Waals surface area contributed by atoms with Gasteiger partial charge in [-0.05, 0) is 36.8 Å². The zero-order valence-corrected chi connectivity index (χ0v) is 11.8. The molecular formula is C15H11Cl2NO. The molecule has 2 rings (SSSR count). The first-order chi connectivity index (χ1) is 9.10. The molecule has 0 N–H and O–H groups in total. The summed E-state index contributed by atoms with van der Waals surface area (Å²) in [6, 6.07) is 13.0. The summed E-state index contributed by atoms with van der Waals surface area (Å²) in [6.07, 6.45) is 0. The average Bonchev–Trinajstić information content (AvgIpc) is 2.36. The van der Waals surface area contributed by atoms with Crippen LogP contribution < -0.4 is 4.74 Å². The van der Waals surface area contributed by atoms with Crippen LogP contribution in [-0.2, 0) is 6.61 Å². The van der Waals surface area contributed by atoms with Crippen molar-refractivity contribution in [2.45, 2.75) is 13.5 Å². The molecule has 0 fully saturated rings. The van der Waals surface area contributed by atoms with Crippen LogP contribution in [0.15, 0.2) is 36.4 Å². The molecule has 0 bridgehead atoms. The first-order valence-corrected chi connectivity index (χ1v) is 6.43. The Labute approximate surface area is 122 Å². The lowest BCUT2D eigenvalue weighted by Crippen LogP contribution is -1.99. The maximum absolute atomic E-state index is 9.10. The molecule has 2 nitrogen and oxygen atoms in total. The number of nitrogens with zero attached hydrogens (tertiary/aromatic N) is 1. The van der Waals surface area contributed by atoms with E-state index in [1.165, 1.54) is 0 Å². The van der Waals surface area contributed by atoms with Crippen molar-refractivity contribution >= 4 is 23.2 Å². The van der Waals surface area contributed by atoms with Gasteiger partial charge in [-0.15, -0.1) is 0 Å². The Morgan fingerprint density at radius 3 is 2.68 bits per heavy atom. The summed E-state index contributed by atoms with van der Waals surface area (Å²) in [5, 5.41) is 9.94. The minimum atomic E-state index is 0.257. The third-order valence-electron chi connectivity index (χ3n) is 2.63. The van der Waals surface area contributed by atoms with Gasteiger partial charge in [-0.2, -0.15) is 5.26 Å². The second-order valence-electron chi connectivity index (χ2n) is 4.14. The van der Waals surface area contributed by atoms with E-state index in [0.717, 1.165) is 11.3 Å². The lowest BCUT2D eigenvalue weighted by atomic mass is 10.1. The molecule has 2 aromatic rings. The van der Waals surface area contributed by atoms with Gasteiger partial charge in [-0.3, -0.25) is 0 Å². The van der Waals surface area contributed by atoms with E-state index in [1.54, 1.807) is 12.1 Å². The van der Waals surface area contributed by atoms with Crippen LogP contribution in [0.4, 0.5) is 0 Å². The fourth-order valence-corrected chi connectivity index (χ4v) is 2.31. The van der Waals surface area contributed by atoms with Gasteiger partial charge in [0.05, 0.1) is 10.6 Å². The smallest absolute Gasteiger partial charge is 0.120 e. The van der Waals surface area contributed by atoms with E-state index in [9.17, 15) is 0 Å². The summed E-state index contributed by atoms with van der Waals surface area (Å²) in [5.41, 5.74) is 2.20. The Balaban J connectivity index is 2.22. The summed E-state index contributed by atoms with van der Waals surface area (Å²) in [5.74, 6) is 0.750. The lowest BCUT2D eigenvalue weighted by Gasteiger charge is -2.09. The standard InChI is InChI=1S/C15H11Cl2NO/c1-10-3-2-4-13(5-10)19-9-11-6-12(16)7-15(17)14(11)8-18/h2-7H,9H2,1H3. The van der Waals surface area contributed by atoms with E-state index in [4.69, 9.17) is 33.2 Å². The second kappa shape index (κ2) is 5.97. The van der Waals surface area contributed by atoms with E-state index in [-0.39, 0.29) is 6.61 Å². The number of aryl methyl sites for hydroxylation is 1. The van der Waals surface area contributed by atoms with E-state index >= 15 is 0 Å². The van der Waals surface area contributed by atoms with E-state index < -0.39 is 0 Å². The van der Waals surface area contributed by atoms with Gasteiger partial charge in [0.15, 0.2) is 0 Å². The van der Waals surface area contributed by atoms with Crippen molar-refractivity contribution in [2.24, 2.45) is 0 Å². The first kappa shape index (κ1) is 13.7. The third-order valence-corrected chi connectivity index (χ3v) is 3.15. The molecule has 0 aliphatic heterocycles. The zero-order valence-electron chi connectivity index (χ0n) is 10.3. The fraction of sp³-hybridized carbons (Fsp3) is 0.133. The van der Waals surface area contributed by atoms with Gasteiger partial charge in [0.25, 0.3) is 0 Å². The van der Waals surface area contributed by atoms with Crippen LogP contribution in [-0.4, -0.2) is 0 Å². The second-order valence-corrected chi connectivity index (χ2v) is 4.98. The predicted molar refractivity (Wildman–Crippen MR) is 76.7 cm³/mol. The van der Waals surface area contributed by atoms with Crippen molar-refractivity contribution in [3.8, 4) is 11.8 Å². The molecule has 96 valence electrons. The molecule has 0 spiro atoms. The van der Waals surface area contributed by atoms with Gasteiger partial charge >= 0.3 is 0 Å². The Morgan fingerprint density at radius 2 is 2.00 bits per heavy atom. The molecule has 0 atom stereocenters. The largest absolute Gasteiger partial charge is 0.489 e. The van der Waals surface area contributed by atoms with Gasteiger partial charge in [-0.1, -0.05) is 35.3 Å². The van der Waals surface area contributed by atoms with Crippen LogP contribution in [0.1, 0.15) is 16.7 Å². The number of halogens is 2. The SMILES string of the molecule is Cc1cccc(OCc2cc(Cl)cc(Cl)c2C#N)c1. The summed E-state index contributed by atoms with van der Waals surface area (Å²) in [4.78, 5) is 0. The van der Waals surface area contributed by atoms with Crippen molar-refractivity contribution in [3.63, 3.8) is 0 Å². The predicted octanol–water partition coefficient (Wildman–Crippen LogP) is 4.75. The molecule has 0 radical (unpaired) electrons. The van der Waals surface area contributed by atoms with Crippen LogP contribution >= 0.6 is 23.2 Å². The molecule has 0 saturated carbocycles. The Hall–Kier alpha value is -1.69. The van der Waals surface area contributed by atoms with E-state index in [2.05, 4.69) is 6.07 Å². The molecule has 0 saturated heterocycles. The van der Waals surface area contributed by atoms with Crippen molar-refractivity contribution < 1.29 is 4.74 Å². The molecule has 0 unspecified atom stereocenters. The van der Waals surface area contributed by atoms with Crippen LogP contribution in [0, 0.1) is 18.3 Å². The fourth-order valence-electron chi connectivity index (χ4n) is 1.73. The highest BCUT2D eigenvalue weighted by atomic mass is 35.5. The minimum Gasteiger partial charge on any atom is -0.489 e. The Morgan fingerprint density at radius 1 is 1.21 bits per heavy atom. The maximum atomic E-state index is 9.10. The minimum absolute atomic E-state index is 0.257. The highest BCUT2D eigenvalue weighted by molar-refractivity contribution is 6.35. The number of benzene rings is 2. The van der Waals surface area contributed by atoms with Crippen LogP contribution in [0.2, 0.25) is 10.0 Å². The van der Waals surface area contributed by atoms with Crippen LogP contribution in [0.3, 0.4) is 0 Å². The van der Waals surface area contributed by atoms with Crippen LogP contribution in [0.5, 0.6) is 5.75 Å². The molecular weight excluding hydrogens is 281 g/mol. The van der Waals surface area contributed by atoms with Crippen molar-refractivity contribution in [1.29, 1.82) is 5.26 Å². The number of hydrogen-bond donors (Lipinski definition) is 0. The molecule has 2 aromatic carbocycles. The highest BCUT2D eigenvalue weighted by Gasteiger charge is 2.09. The molecule has 0 aromatic heterocycles. The monoisotopic (exact) mass is 291 g/mol. The molecule has 4 heteroatoms. The summed E-state index contributed by atoms with van der Waals surface area (Å²) < 4.78 is 5.66. The van der Waals surface area contributed by atoms with Gasteiger partial charge in [0.2, 0.25) is 0 Å². The molecule has 19 heavy (non-hydrogen) atoms. The van der Waals surface area contributed by atoms with E-state index in [0.29, 0.717) is 21.2 Å². The van der Waals surface area contributed by atoms with Crippen molar-refractivity contribution in [3.05, 3.63) is 63.1 Å². The normalized spacial score (nSPS) is 10.0. The van der Waals surface area contributed by atoms with Crippen LogP contribution in [0.25, 0.3) is 0 Å². The number of ether oxygens (including phenoxy) is 1. The number of nitriles is 1. The first-order valence-electron chi connectivity index (χ1n) is 5.67. The third kappa shape index (κ3) is 3.41. The summed E-state index contributed by atoms with van der Waals surface area (Å²) in [7, 11) is 0. The zero-order chi connectivity index (χ0) is 13.8. The van der Waals surface area contributed by atoms with Crippen molar-refractivity contribution in [2.75, 3.05) is 0 Å².